The van der Waals surface area contributed by atoms with Crippen molar-refractivity contribution < 1.29 is 5.11 Å². The Morgan fingerprint density at radius 2 is 1.78 bits per heavy atom. The molecule has 3 rings (SSSR count). The van der Waals surface area contributed by atoms with Crippen molar-refractivity contribution in [2.75, 3.05) is 5.73 Å². The zero-order valence-electron chi connectivity index (χ0n) is 13.3. The number of fused-ring (bicyclic) bond motifs is 1. The maximum atomic E-state index is 10.1. The second kappa shape index (κ2) is 6.30. The third kappa shape index (κ3) is 3.14. The number of hydrogen-bond acceptors (Lipinski definition) is 5. The number of rotatable bonds is 4. The Labute approximate surface area is 135 Å². The standard InChI is InChI=1S/C18H20N4O/c1-3-4-17(23)16-5-11(2)14(10-21-16)15-6-12-9-22-18(19)7-13(12)8-20-15/h5-10,17,23H,3-4H2,1-2H3,(H2,19,22)/t17-/m1/s1. The van der Waals surface area contributed by atoms with E-state index in [0.29, 0.717) is 17.9 Å². The average Bonchev–Trinajstić information content (AvgIpc) is 2.54. The van der Waals surface area contributed by atoms with E-state index in [9.17, 15) is 5.11 Å². The van der Waals surface area contributed by atoms with Gasteiger partial charge in [-0.25, -0.2) is 4.98 Å². The van der Waals surface area contributed by atoms with Gasteiger partial charge in [0.25, 0.3) is 0 Å². The lowest BCUT2D eigenvalue weighted by molar-refractivity contribution is 0.161. The summed E-state index contributed by atoms with van der Waals surface area (Å²) >= 11 is 0. The minimum atomic E-state index is -0.510. The number of aryl methyl sites for hydroxylation is 1. The maximum Gasteiger partial charge on any atom is 0.123 e. The summed E-state index contributed by atoms with van der Waals surface area (Å²) < 4.78 is 0. The summed E-state index contributed by atoms with van der Waals surface area (Å²) in [6.07, 6.45) is 6.45. The Morgan fingerprint density at radius 1 is 1.04 bits per heavy atom. The summed E-state index contributed by atoms with van der Waals surface area (Å²) in [4.78, 5) is 13.0. The molecule has 0 aliphatic carbocycles. The molecule has 0 amide bonds. The lowest BCUT2D eigenvalue weighted by atomic mass is 10.0. The first-order chi connectivity index (χ1) is 11.1. The summed E-state index contributed by atoms with van der Waals surface area (Å²) in [5.74, 6) is 0.485. The maximum absolute atomic E-state index is 10.1. The van der Waals surface area contributed by atoms with Crippen molar-refractivity contribution in [1.82, 2.24) is 15.0 Å². The van der Waals surface area contributed by atoms with Crippen molar-refractivity contribution in [3.8, 4) is 11.3 Å². The fraction of sp³-hybridized carbons (Fsp3) is 0.278. The van der Waals surface area contributed by atoms with E-state index in [2.05, 4.69) is 15.0 Å². The highest BCUT2D eigenvalue weighted by molar-refractivity contribution is 5.86. The van der Waals surface area contributed by atoms with Crippen LogP contribution in [0.5, 0.6) is 0 Å². The SMILES string of the molecule is CCC[C@@H](O)c1cc(C)c(-c2cc3cnc(N)cc3cn2)cn1. The van der Waals surface area contributed by atoms with E-state index in [4.69, 9.17) is 5.73 Å². The van der Waals surface area contributed by atoms with Gasteiger partial charge in [-0.1, -0.05) is 13.3 Å². The van der Waals surface area contributed by atoms with E-state index in [-0.39, 0.29) is 0 Å². The first-order valence-electron chi connectivity index (χ1n) is 7.74. The summed E-state index contributed by atoms with van der Waals surface area (Å²) in [6.45, 7) is 4.05. The van der Waals surface area contributed by atoms with Crippen LogP contribution in [0.1, 0.15) is 37.1 Å². The summed E-state index contributed by atoms with van der Waals surface area (Å²) in [5.41, 5.74) is 9.24. The number of nitrogen functional groups attached to an aromatic ring is 1. The smallest absolute Gasteiger partial charge is 0.123 e. The predicted molar refractivity (Wildman–Crippen MR) is 91.8 cm³/mol. The molecule has 0 spiro atoms. The van der Waals surface area contributed by atoms with Gasteiger partial charge in [0.05, 0.1) is 17.5 Å². The van der Waals surface area contributed by atoms with Gasteiger partial charge in [-0.2, -0.15) is 0 Å². The van der Waals surface area contributed by atoms with Crippen LogP contribution < -0.4 is 5.73 Å². The zero-order valence-corrected chi connectivity index (χ0v) is 13.3. The van der Waals surface area contributed by atoms with Gasteiger partial charge in [0.2, 0.25) is 0 Å². The molecule has 0 aromatic carbocycles. The van der Waals surface area contributed by atoms with Crippen LogP contribution in [0.3, 0.4) is 0 Å². The van der Waals surface area contributed by atoms with Gasteiger partial charge >= 0.3 is 0 Å². The lowest BCUT2D eigenvalue weighted by Crippen LogP contribution is -2.01. The Morgan fingerprint density at radius 3 is 2.52 bits per heavy atom. The quantitative estimate of drug-likeness (QED) is 0.771. The number of aliphatic hydroxyl groups excluding tert-OH is 1. The molecule has 0 fully saturated rings. The molecule has 118 valence electrons. The highest BCUT2D eigenvalue weighted by atomic mass is 16.3. The molecule has 3 aromatic heterocycles. The largest absolute Gasteiger partial charge is 0.387 e. The number of pyridine rings is 3. The number of aliphatic hydroxyl groups is 1. The van der Waals surface area contributed by atoms with Crippen LogP contribution in [-0.4, -0.2) is 20.1 Å². The van der Waals surface area contributed by atoms with Gasteiger partial charge < -0.3 is 10.8 Å². The van der Waals surface area contributed by atoms with Crippen LogP contribution >= 0.6 is 0 Å². The van der Waals surface area contributed by atoms with Crippen molar-refractivity contribution in [2.24, 2.45) is 0 Å². The van der Waals surface area contributed by atoms with Crippen molar-refractivity contribution in [1.29, 1.82) is 0 Å². The molecule has 3 aromatic rings. The molecule has 23 heavy (non-hydrogen) atoms. The molecule has 0 saturated carbocycles. The van der Waals surface area contributed by atoms with Crippen molar-refractivity contribution in [3.63, 3.8) is 0 Å². The Kier molecular flexibility index (Phi) is 4.21. The fourth-order valence-electron chi connectivity index (χ4n) is 2.65. The lowest BCUT2D eigenvalue weighted by Gasteiger charge is -2.12. The number of anilines is 1. The predicted octanol–water partition coefficient (Wildman–Crippen LogP) is 3.42. The number of hydrogen-bond donors (Lipinski definition) is 2. The first-order valence-corrected chi connectivity index (χ1v) is 7.74. The van der Waals surface area contributed by atoms with Gasteiger partial charge in [0, 0.05) is 34.9 Å². The highest BCUT2D eigenvalue weighted by Gasteiger charge is 2.12. The molecular weight excluding hydrogens is 288 g/mol. The Hall–Kier alpha value is -2.53. The molecule has 0 aliphatic rings. The molecule has 0 aliphatic heterocycles. The molecule has 0 bridgehead atoms. The molecule has 3 N–H and O–H groups in total. The van der Waals surface area contributed by atoms with Gasteiger partial charge in [0.15, 0.2) is 0 Å². The monoisotopic (exact) mass is 308 g/mol. The van der Waals surface area contributed by atoms with Gasteiger partial charge in [-0.15, -0.1) is 0 Å². The van der Waals surface area contributed by atoms with E-state index < -0.39 is 6.10 Å². The number of nitrogens with two attached hydrogens (primary N) is 1. The first kappa shape index (κ1) is 15.4. The van der Waals surface area contributed by atoms with E-state index in [1.54, 1.807) is 24.7 Å². The fourth-order valence-corrected chi connectivity index (χ4v) is 2.65. The third-order valence-corrected chi connectivity index (χ3v) is 3.94. The van der Waals surface area contributed by atoms with Crippen LogP contribution in [0.25, 0.3) is 22.0 Å². The van der Waals surface area contributed by atoms with Crippen molar-refractivity contribution in [3.05, 3.63) is 48.0 Å². The molecule has 0 radical (unpaired) electrons. The Balaban J connectivity index is 1.99. The van der Waals surface area contributed by atoms with E-state index in [1.807, 2.05) is 26.0 Å². The summed E-state index contributed by atoms with van der Waals surface area (Å²) in [7, 11) is 0. The zero-order chi connectivity index (χ0) is 16.4. The molecule has 0 unspecified atom stereocenters. The minimum Gasteiger partial charge on any atom is -0.387 e. The highest BCUT2D eigenvalue weighted by Crippen LogP contribution is 2.27. The molecule has 5 heteroatoms. The Bertz CT molecular complexity index is 848. The molecular formula is C18H20N4O. The molecule has 3 heterocycles. The topological polar surface area (TPSA) is 84.9 Å². The van der Waals surface area contributed by atoms with Gasteiger partial charge in [0.1, 0.15) is 5.82 Å². The second-order valence-electron chi connectivity index (χ2n) is 5.75. The number of aromatic nitrogens is 3. The summed E-state index contributed by atoms with van der Waals surface area (Å²) in [5, 5.41) is 12.0. The van der Waals surface area contributed by atoms with Crippen LogP contribution in [-0.2, 0) is 0 Å². The van der Waals surface area contributed by atoms with Gasteiger partial charge in [-0.05, 0) is 37.1 Å². The summed E-state index contributed by atoms with van der Waals surface area (Å²) in [6, 6.07) is 5.72. The average molecular weight is 308 g/mol. The second-order valence-corrected chi connectivity index (χ2v) is 5.75. The third-order valence-electron chi connectivity index (χ3n) is 3.94. The van der Waals surface area contributed by atoms with Crippen LogP contribution in [0.15, 0.2) is 36.8 Å². The van der Waals surface area contributed by atoms with Crippen LogP contribution in [0.4, 0.5) is 5.82 Å². The molecule has 5 nitrogen and oxygen atoms in total. The minimum absolute atomic E-state index is 0.485. The van der Waals surface area contributed by atoms with Crippen molar-refractivity contribution in [2.45, 2.75) is 32.8 Å². The molecule has 0 saturated heterocycles. The van der Waals surface area contributed by atoms with Crippen molar-refractivity contribution >= 4 is 16.6 Å². The number of nitrogens with zero attached hydrogens (tertiary/aromatic N) is 3. The van der Waals surface area contributed by atoms with E-state index >= 15 is 0 Å². The van der Waals surface area contributed by atoms with Crippen LogP contribution in [0.2, 0.25) is 0 Å². The molecule has 1 atom stereocenters. The van der Waals surface area contributed by atoms with E-state index in [1.165, 1.54) is 0 Å². The van der Waals surface area contributed by atoms with Gasteiger partial charge in [-0.3, -0.25) is 9.97 Å². The normalized spacial score (nSPS) is 12.5. The van der Waals surface area contributed by atoms with Crippen LogP contribution in [0, 0.1) is 6.92 Å². The van der Waals surface area contributed by atoms with E-state index in [0.717, 1.165) is 34.0 Å².